The zero-order valence-electron chi connectivity index (χ0n) is 16.0. The van der Waals surface area contributed by atoms with Crippen molar-refractivity contribution in [1.82, 2.24) is 15.3 Å². The van der Waals surface area contributed by atoms with Crippen LogP contribution in [0.15, 0.2) is 30.3 Å². The number of anilines is 3. The highest BCUT2D eigenvalue weighted by molar-refractivity contribution is 7.80. The lowest BCUT2D eigenvalue weighted by Gasteiger charge is -2.30. The SMILES string of the molecule is S=C(Nc1nc(N2CCCC2)cc(N2CCc3ccccc3C2)n1)NC1CC1. The summed E-state index contributed by atoms with van der Waals surface area (Å²) in [5, 5.41) is 7.16. The topological polar surface area (TPSA) is 56.3 Å². The Hall–Kier alpha value is -2.41. The van der Waals surface area contributed by atoms with Crippen LogP contribution in [0.4, 0.5) is 17.6 Å². The van der Waals surface area contributed by atoms with E-state index in [1.54, 1.807) is 0 Å². The van der Waals surface area contributed by atoms with Crippen LogP contribution < -0.4 is 20.4 Å². The van der Waals surface area contributed by atoms with Gasteiger partial charge < -0.3 is 20.4 Å². The summed E-state index contributed by atoms with van der Waals surface area (Å²) < 4.78 is 0. The third-order valence-electron chi connectivity index (χ3n) is 5.72. The lowest BCUT2D eigenvalue weighted by Crippen LogP contribution is -2.33. The predicted octanol–water partition coefficient (Wildman–Crippen LogP) is 3.09. The highest BCUT2D eigenvalue weighted by Crippen LogP contribution is 2.28. The molecule has 0 radical (unpaired) electrons. The average molecular weight is 395 g/mol. The molecule has 0 bridgehead atoms. The molecule has 2 fully saturated rings. The van der Waals surface area contributed by atoms with Crippen molar-refractivity contribution < 1.29 is 0 Å². The van der Waals surface area contributed by atoms with Gasteiger partial charge in [-0.3, -0.25) is 0 Å². The van der Waals surface area contributed by atoms with Gasteiger partial charge in [0.05, 0.1) is 0 Å². The molecule has 0 amide bonds. The number of aromatic nitrogens is 2. The van der Waals surface area contributed by atoms with Gasteiger partial charge in [-0.05, 0) is 55.4 Å². The number of nitrogens with zero attached hydrogens (tertiary/aromatic N) is 4. The van der Waals surface area contributed by atoms with Crippen molar-refractivity contribution in [3.05, 3.63) is 41.5 Å². The molecule has 1 aromatic carbocycles. The Balaban J connectivity index is 1.41. The van der Waals surface area contributed by atoms with E-state index in [0.717, 1.165) is 44.2 Å². The summed E-state index contributed by atoms with van der Waals surface area (Å²) in [6.07, 6.45) is 5.87. The second-order valence-electron chi connectivity index (χ2n) is 7.92. The van der Waals surface area contributed by atoms with Crippen molar-refractivity contribution in [2.45, 2.75) is 44.7 Å². The molecule has 6 nitrogen and oxygen atoms in total. The lowest BCUT2D eigenvalue weighted by atomic mass is 10.00. The summed E-state index contributed by atoms with van der Waals surface area (Å²) in [4.78, 5) is 14.3. The second-order valence-corrected chi connectivity index (χ2v) is 8.32. The average Bonchev–Trinajstić information content (AvgIpc) is 3.35. The Bertz CT molecular complexity index is 875. The minimum absolute atomic E-state index is 0.514. The molecule has 0 unspecified atom stereocenters. The van der Waals surface area contributed by atoms with Crippen molar-refractivity contribution in [3.8, 4) is 0 Å². The van der Waals surface area contributed by atoms with Gasteiger partial charge in [0.1, 0.15) is 11.6 Å². The lowest BCUT2D eigenvalue weighted by molar-refractivity contribution is 0.719. The van der Waals surface area contributed by atoms with Crippen LogP contribution in [0.2, 0.25) is 0 Å². The van der Waals surface area contributed by atoms with Crippen molar-refractivity contribution in [3.63, 3.8) is 0 Å². The van der Waals surface area contributed by atoms with Gasteiger partial charge in [0, 0.05) is 38.3 Å². The maximum absolute atomic E-state index is 5.45. The molecule has 1 saturated heterocycles. The van der Waals surface area contributed by atoms with Gasteiger partial charge in [-0.15, -0.1) is 0 Å². The Morgan fingerprint density at radius 2 is 1.68 bits per heavy atom. The van der Waals surface area contributed by atoms with Gasteiger partial charge in [0.2, 0.25) is 5.95 Å². The molecule has 1 saturated carbocycles. The van der Waals surface area contributed by atoms with Crippen molar-refractivity contribution in [2.24, 2.45) is 0 Å². The molecular weight excluding hydrogens is 368 g/mol. The smallest absolute Gasteiger partial charge is 0.232 e. The molecule has 2 aromatic rings. The predicted molar refractivity (Wildman–Crippen MR) is 117 cm³/mol. The Morgan fingerprint density at radius 3 is 2.43 bits per heavy atom. The van der Waals surface area contributed by atoms with Crippen molar-refractivity contribution >= 4 is 34.9 Å². The monoisotopic (exact) mass is 394 g/mol. The molecule has 0 spiro atoms. The first-order valence-corrected chi connectivity index (χ1v) is 10.7. The van der Waals surface area contributed by atoms with E-state index in [4.69, 9.17) is 22.2 Å². The van der Waals surface area contributed by atoms with E-state index in [1.165, 1.54) is 36.8 Å². The second kappa shape index (κ2) is 7.54. The quantitative estimate of drug-likeness (QED) is 0.773. The number of nitrogens with one attached hydrogen (secondary N) is 2. The van der Waals surface area contributed by atoms with Crippen LogP contribution >= 0.6 is 12.2 Å². The maximum atomic E-state index is 5.45. The van der Waals surface area contributed by atoms with Gasteiger partial charge in [-0.25, -0.2) is 0 Å². The molecule has 5 rings (SSSR count). The molecule has 3 heterocycles. The number of hydrogen-bond donors (Lipinski definition) is 2. The minimum Gasteiger partial charge on any atom is -0.360 e. The summed E-state index contributed by atoms with van der Waals surface area (Å²) in [5.41, 5.74) is 2.83. The van der Waals surface area contributed by atoms with E-state index < -0.39 is 0 Å². The molecular formula is C21H26N6S. The standard InChI is InChI=1S/C21H26N6S/c28-21(22-17-7-8-17)25-20-23-18(26-10-3-4-11-26)13-19(24-20)27-12-9-15-5-1-2-6-16(15)14-27/h1-2,5-6,13,17H,3-4,7-12,14H2,(H2,22,23,24,25,28). The van der Waals surface area contributed by atoms with E-state index in [1.807, 2.05) is 0 Å². The van der Waals surface area contributed by atoms with Crippen LogP contribution in [0.5, 0.6) is 0 Å². The van der Waals surface area contributed by atoms with Crippen LogP contribution in [0, 0.1) is 0 Å². The first-order chi connectivity index (χ1) is 13.7. The molecule has 1 aromatic heterocycles. The van der Waals surface area contributed by atoms with Crippen LogP contribution in [-0.2, 0) is 13.0 Å². The van der Waals surface area contributed by atoms with Crippen molar-refractivity contribution in [2.75, 3.05) is 34.8 Å². The molecule has 7 heteroatoms. The number of rotatable bonds is 4. The Kier molecular flexibility index (Phi) is 4.76. The molecule has 3 aliphatic rings. The van der Waals surface area contributed by atoms with Crippen LogP contribution in [0.25, 0.3) is 0 Å². The summed E-state index contributed by atoms with van der Waals surface area (Å²) in [6, 6.07) is 11.4. The number of thiocarbonyl (C=S) groups is 1. The third-order valence-corrected chi connectivity index (χ3v) is 5.94. The van der Waals surface area contributed by atoms with Crippen LogP contribution in [0.3, 0.4) is 0 Å². The maximum Gasteiger partial charge on any atom is 0.232 e. The van der Waals surface area contributed by atoms with E-state index in [0.29, 0.717) is 17.1 Å². The fourth-order valence-corrected chi connectivity index (χ4v) is 4.25. The summed E-state index contributed by atoms with van der Waals surface area (Å²) in [5.74, 6) is 2.57. The van der Waals surface area contributed by atoms with Gasteiger partial charge in [-0.2, -0.15) is 9.97 Å². The fraction of sp³-hybridized carbons (Fsp3) is 0.476. The summed E-state index contributed by atoms with van der Waals surface area (Å²) in [6.45, 7) is 3.97. The van der Waals surface area contributed by atoms with E-state index >= 15 is 0 Å². The molecule has 28 heavy (non-hydrogen) atoms. The Labute approximate surface area is 171 Å². The van der Waals surface area contributed by atoms with Gasteiger partial charge in [0.15, 0.2) is 5.11 Å². The molecule has 2 N–H and O–H groups in total. The fourth-order valence-electron chi connectivity index (χ4n) is 3.99. The van der Waals surface area contributed by atoms with Gasteiger partial charge in [-0.1, -0.05) is 24.3 Å². The third kappa shape index (κ3) is 3.90. The highest BCUT2D eigenvalue weighted by atomic mass is 32.1. The minimum atomic E-state index is 0.514. The van der Waals surface area contributed by atoms with E-state index in [2.05, 4.69) is 50.8 Å². The van der Waals surface area contributed by atoms with Gasteiger partial charge in [0.25, 0.3) is 0 Å². The van der Waals surface area contributed by atoms with Crippen LogP contribution in [0.1, 0.15) is 36.8 Å². The van der Waals surface area contributed by atoms with Crippen molar-refractivity contribution in [1.29, 1.82) is 0 Å². The summed E-state index contributed by atoms with van der Waals surface area (Å²) >= 11 is 5.45. The summed E-state index contributed by atoms with van der Waals surface area (Å²) in [7, 11) is 0. The van der Waals surface area contributed by atoms with E-state index in [9.17, 15) is 0 Å². The zero-order valence-corrected chi connectivity index (χ0v) is 16.8. The molecule has 1 aliphatic carbocycles. The largest absolute Gasteiger partial charge is 0.360 e. The number of benzene rings is 1. The van der Waals surface area contributed by atoms with E-state index in [-0.39, 0.29) is 0 Å². The molecule has 2 aliphatic heterocycles. The number of hydrogen-bond acceptors (Lipinski definition) is 5. The zero-order chi connectivity index (χ0) is 18.9. The highest BCUT2D eigenvalue weighted by Gasteiger charge is 2.24. The number of fused-ring (bicyclic) bond motifs is 1. The Morgan fingerprint density at radius 1 is 0.964 bits per heavy atom. The first-order valence-electron chi connectivity index (χ1n) is 10.3. The molecule has 146 valence electrons. The normalized spacial score (nSPS) is 18.7. The van der Waals surface area contributed by atoms with Gasteiger partial charge >= 0.3 is 0 Å². The van der Waals surface area contributed by atoms with Crippen LogP contribution in [-0.4, -0.2) is 40.8 Å². The molecule has 0 atom stereocenters. The first kappa shape index (κ1) is 17.7.